The fourth-order valence-electron chi connectivity index (χ4n) is 3.01. The molecule has 1 fully saturated rings. The van der Waals surface area contributed by atoms with Crippen LogP contribution in [0.4, 0.5) is 0 Å². The Labute approximate surface area is 124 Å². The van der Waals surface area contributed by atoms with Crippen LogP contribution in [-0.4, -0.2) is 48.6 Å². The van der Waals surface area contributed by atoms with E-state index in [1.807, 2.05) is 0 Å². The van der Waals surface area contributed by atoms with Crippen LogP contribution in [0, 0.1) is 0 Å². The van der Waals surface area contributed by atoms with Crippen LogP contribution in [0.1, 0.15) is 31.9 Å². The van der Waals surface area contributed by atoms with E-state index in [0.717, 1.165) is 32.7 Å². The molecule has 0 amide bonds. The summed E-state index contributed by atoms with van der Waals surface area (Å²) in [4.78, 5) is 5.07. The number of likely N-dealkylation sites (N-methyl/N-ethyl adjacent to an activating group) is 1. The van der Waals surface area contributed by atoms with Crippen molar-refractivity contribution >= 4 is 0 Å². The smallest absolute Gasteiger partial charge is 0.0235 e. The van der Waals surface area contributed by atoms with Gasteiger partial charge in [0.05, 0.1) is 0 Å². The first kappa shape index (κ1) is 15.5. The third kappa shape index (κ3) is 4.05. The van der Waals surface area contributed by atoms with Gasteiger partial charge < -0.3 is 5.32 Å². The van der Waals surface area contributed by atoms with Gasteiger partial charge >= 0.3 is 0 Å². The Morgan fingerprint density at radius 1 is 1.15 bits per heavy atom. The molecule has 3 heteroatoms. The first-order valence-electron chi connectivity index (χ1n) is 7.83. The van der Waals surface area contributed by atoms with Gasteiger partial charge in [0.15, 0.2) is 0 Å². The molecule has 0 aliphatic carbocycles. The van der Waals surface area contributed by atoms with Gasteiger partial charge in [-0.25, -0.2) is 0 Å². The largest absolute Gasteiger partial charge is 0.313 e. The topological polar surface area (TPSA) is 18.5 Å². The van der Waals surface area contributed by atoms with Crippen LogP contribution in [0.5, 0.6) is 0 Å². The standard InChI is InChI=1S/C17H29N3/c1-5-18-10-16-7-6-8-17(9-16)13-20-11-14(2)19(4)15(3)12-20/h6-9,14-15,18H,5,10-13H2,1-4H3. The number of rotatable bonds is 5. The van der Waals surface area contributed by atoms with Gasteiger partial charge in [-0.05, 0) is 38.6 Å². The van der Waals surface area contributed by atoms with Crippen molar-refractivity contribution < 1.29 is 0 Å². The lowest BCUT2D eigenvalue weighted by molar-refractivity contribution is 0.0556. The van der Waals surface area contributed by atoms with Crippen LogP contribution in [-0.2, 0) is 13.1 Å². The van der Waals surface area contributed by atoms with Crippen molar-refractivity contribution in [3.05, 3.63) is 35.4 Å². The normalized spacial score (nSPS) is 25.0. The number of benzene rings is 1. The number of hydrogen-bond donors (Lipinski definition) is 1. The molecule has 0 aromatic heterocycles. The van der Waals surface area contributed by atoms with Gasteiger partial charge in [-0.15, -0.1) is 0 Å². The van der Waals surface area contributed by atoms with Crippen molar-refractivity contribution in [1.82, 2.24) is 15.1 Å². The van der Waals surface area contributed by atoms with Crippen LogP contribution in [0.3, 0.4) is 0 Å². The predicted octanol–water partition coefficient (Wildman–Crippen LogP) is 2.32. The molecule has 2 unspecified atom stereocenters. The summed E-state index contributed by atoms with van der Waals surface area (Å²) in [6, 6.07) is 10.3. The second-order valence-electron chi connectivity index (χ2n) is 6.16. The number of nitrogens with zero attached hydrogens (tertiary/aromatic N) is 2. The summed E-state index contributed by atoms with van der Waals surface area (Å²) in [6.45, 7) is 12.2. The zero-order valence-electron chi connectivity index (χ0n) is 13.4. The highest BCUT2D eigenvalue weighted by atomic mass is 15.3. The highest BCUT2D eigenvalue weighted by Crippen LogP contribution is 2.16. The lowest BCUT2D eigenvalue weighted by Gasteiger charge is -2.42. The molecular formula is C17H29N3. The van der Waals surface area contributed by atoms with E-state index in [9.17, 15) is 0 Å². The molecule has 1 saturated heterocycles. The lowest BCUT2D eigenvalue weighted by Crippen LogP contribution is -2.54. The highest BCUT2D eigenvalue weighted by Gasteiger charge is 2.26. The van der Waals surface area contributed by atoms with E-state index in [2.05, 4.69) is 67.2 Å². The molecule has 1 aliphatic heterocycles. The van der Waals surface area contributed by atoms with E-state index in [0.29, 0.717) is 12.1 Å². The molecule has 0 saturated carbocycles. The minimum Gasteiger partial charge on any atom is -0.313 e. The van der Waals surface area contributed by atoms with E-state index in [1.165, 1.54) is 11.1 Å². The zero-order chi connectivity index (χ0) is 14.5. The highest BCUT2D eigenvalue weighted by molar-refractivity contribution is 5.23. The Morgan fingerprint density at radius 2 is 1.80 bits per heavy atom. The van der Waals surface area contributed by atoms with Crippen molar-refractivity contribution in [3.63, 3.8) is 0 Å². The first-order valence-corrected chi connectivity index (χ1v) is 7.83. The second kappa shape index (κ2) is 7.21. The van der Waals surface area contributed by atoms with E-state index in [4.69, 9.17) is 0 Å². The average Bonchev–Trinajstić information content (AvgIpc) is 2.43. The minimum absolute atomic E-state index is 0.642. The van der Waals surface area contributed by atoms with E-state index in [-0.39, 0.29) is 0 Å². The summed E-state index contributed by atoms with van der Waals surface area (Å²) in [7, 11) is 2.24. The molecule has 1 aromatic carbocycles. The van der Waals surface area contributed by atoms with Gasteiger partial charge in [-0.3, -0.25) is 9.80 Å². The van der Waals surface area contributed by atoms with Crippen molar-refractivity contribution in [1.29, 1.82) is 0 Å². The molecule has 2 rings (SSSR count). The second-order valence-corrected chi connectivity index (χ2v) is 6.16. The molecule has 1 heterocycles. The van der Waals surface area contributed by atoms with Gasteiger partial charge in [0.25, 0.3) is 0 Å². The van der Waals surface area contributed by atoms with Crippen molar-refractivity contribution in [2.75, 3.05) is 26.7 Å². The number of hydrogen-bond acceptors (Lipinski definition) is 3. The Morgan fingerprint density at radius 3 is 2.45 bits per heavy atom. The van der Waals surface area contributed by atoms with Crippen LogP contribution in [0.25, 0.3) is 0 Å². The molecule has 3 nitrogen and oxygen atoms in total. The lowest BCUT2D eigenvalue weighted by atomic mass is 10.1. The van der Waals surface area contributed by atoms with Gasteiger partial charge in [-0.2, -0.15) is 0 Å². The summed E-state index contributed by atoms with van der Waals surface area (Å²) in [5, 5.41) is 3.40. The SMILES string of the molecule is CCNCc1cccc(CN2CC(C)N(C)C(C)C2)c1. The van der Waals surface area contributed by atoms with Gasteiger partial charge in [0, 0.05) is 38.3 Å². The van der Waals surface area contributed by atoms with Crippen LogP contribution in [0.15, 0.2) is 24.3 Å². The van der Waals surface area contributed by atoms with Crippen molar-refractivity contribution in [2.24, 2.45) is 0 Å². The molecule has 0 bridgehead atoms. The Kier molecular flexibility index (Phi) is 5.58. The maximum atomic E-state index is 3.40. The number of piperazine rings is 1. The summed E-state index contributed by atoms with van der Waals surface area (Å²) < 4.78 is 0. The van der Waals surface area contributed by atoms with E-state index < -0.39 is 0 Å². The first-order chi connectivity index (χ1) is 9.60. The van der Waals surface area contributed by atoms with Crippen LogP contribution < -0.4 is 5.32 Å². The fraction of sp³-hybridized carbons (Fsp3) is 0.647. The average molecular weight is 275 g/mol. The third-order valence-corrected chi connectivity index (χ3v) is 4.41. The Bertz CT molecular complexity index is 406. The monoisotopic (exact) mass is 275 g/mol. The molecule has 0 radical (unpaired) electrons. The van der Waals surface area contributed by atoms with Gasteiger partial charge in [0.1, 0.15) is 0 Å². The maximum absolute atomic E-state index is 3.40. The Hall–Kier alpha value is -0.900. The molecule has 1 aromatic rings. The number of nitrogens with one attached hydrogen (secondary N) is 1. The van der Waals surface area contributed by atoms with Gasteiger partial charge in [-0.1, -0.05) is 31.2 Å². The van der Waals surface area contributed by atoms with Crippen LogP contribution >= 0.6 is 0 Å². The maximum Gasteiger partial charge on any atom is 0.0235 e. The van der Waals surface area contributed by atoms with E-state index >= 15 is 0 Å². The predicted molar refractivity (Wildman–Crippen MR) is 85.8 cm³/mol. The summed E-state index contributed by atoms with van der Waals surface area (Å²) in [6.07, 6.45) is 0. The Balaban J connectivity index is 1.96. The van der Waals surface area contributed by atoms with Gasteiger partial charge in [0.2, 0.25) is 0 Å². The molecular weight excluding hydrogens is 246 g/mol. The zero-order valence-corrected chi connectivity index (χ0v) is 13.4. The molecule has 20 heavy (non-hydrogen) atoms. The summed E-state index contributed by atoms with van der Waals surface area (Å²) in [5.74, 6) is 0. The summed E-state index contributed by atoms with van der Waals surface area (Å²) >= 11 is 0. The molecule has 1 N–H and O–H groups in total. The van der Waals surface area contributed by atoms with Crippen LogP contribution in [0.2, 0.25) is 0 Å². The quantitative estimate of drug-likeness (QED) is 0.890. The third-order valence-electron chi connectivity index (χ3n) is 4.41. The molecule has 112 valence electrons. The van der Waals surface area contributed by atoms with Crippen molar-refractivity contribution in [3.8, 4) is 0 Å². The van der Waals surface area contributed by atoms with Crippen molar-refractivity contribution in [2.45, 2.75) is 45.9 Å². The minimum atomic E-state index is 0.642. The van der Waals surface area contributed by atoms with E-state index in [1.54, 1.807) is 0 Å². The summed E-state index contributed by atoms with van der Waals surface area (Å²) in [5.41, 5.74) is 2.82. The molecule has 2 atom stereocenters. The molecule has 0 spiro atoms. The fourth-order valence-corrected chi connectivity index (χ4v) is 3.01. The molecule has 1 aliphatic rings.